The van der Waals surface area contributed by atoms with E-state index in [0.717, 1.165) is 43.3 Å². The average molecular weight is 474 g/mol. The van der Waals surface area contributed by atoms with Gasteiger partial charge in [-0.2, -0.15) is 0 Å². The first-order valence-corrected chi connectivity index (χ1v) is 15.4. The van der Waals surface area contributed by atoms with Gasteiger partial charge in [-0.25, -0.2) is 0 Å². The summed E-state index contributed by atoms with van der Waals surface area (Å²) in [5, 5.41) is 25.5. The zero-order chi connectivity index (χ0) is 24.0. The lowest BCUT2D eigenvalue weighted by atomic mass is 9.60. The van der Waals surface area contributed by atoms with Gasteiger partial charge < -0.3 is 19.4 Å². The Morgan fingerprint density at radius 3 is 2.64 bits per heavy atom. The van der Waals surface area contributed by atoms with Crippen molar-refractivity contribution in [2.75, 3.05) is 0 Å². The first-order chi connectivity index (χ1) is 15.3. The van der Waals surface area contributed by atoms with Crippen molar-refractivity contribution in [3.8, 4) is 0 Å². The maximum absolute atomic E-state index is 10.9. The molecule has 33 heavy (non-hydrogen) atoms. The first kappa shape index (κ1) is 23.6. The van der Waals surface area contributed by atoms with Crippen LogP contribution in [0.3, 0.4) is 0 Å². The Hall–Kier alpha value is -1.15. The summed E-state index contributed by atoms with van der Waals surface area (Å²) in [6.07, 6.45) is 7.60. The van der Waals surface area contributed by atoms with Crippen LogP contribution in [0.5, 0.6) is 0 Å². The summed E-state index contributed by atoms with van der Waals surface area (Å²) in [4.78, 5) is 2.92. The van der Waals surface area contributed by atoms with Gasteiger partial charge in [0.1, 0.15) is 6.10 Å². The second-order valence-corrected chi connectivity index (χ2v) is 17.6. The first-order valence-electron chi connectivity index (χ1n) is 12.5. The summed E-state index contributed by atoms with van der Waals surface area (Å²) >= 11 is 0. The standard InChI is InChI=1S/C25H39N3O4Si/c1-22(2,3)33(5,6)31-19-8-7-18-23(19,4)10-9-15-13-16-20(29)21(30)17(27-28-26)14-24(16)11-12-25(15,18)32-24/h9,13,17-21,29-30H,7-8,10-12,14H2,1-6H3/t17-,18-,19+,20-,21-,23+,24-,25-/m1/s1. The highest BCUT2D eigenvalue weighted by Gasteiger charge is 2.68. The fourth-order valence-corrected chi connectivity index (χ4v) is 8.74. The molecule has 0 radical (unpaired) electrons. The van der Waals surface area contributed by atoms with Gasteiger partial charge in [-0.1, -0.05) is 45.0 Å². The van der Waals surface area contributed by atoms with Gasteiger partial charge in [0.05, 0.1) is 29.5 Å². The largest absolute Gasteiger partial charge is 0.413 e. The SMILES string of the molecule is CC(C)(C)[Si](C)(C)O[C@H]1CC[C@@H]2[C@]1(C)CC=C1C=C3[C@@H](O)[C@H](O)[C@H](N=[N+]=[N-])C[C@]34CC[C@@]12O4. The van der Waals surface area contributed by atoms with E-state index in [1.54, 1.807) is 0 Å². The molecule has 3 fully saturated rings. The lowest BCUT2D eigenvalue weighted by Gasteiger charge is -2.55. The van der Waals surface area contributed by atoms with Crippen LogP contribution in [0.25, 0.3) is 10.4 Å². The smallest absolute Gasteiger partial charge is 0.192 e. The Balaban J connectivity index is 1.52. The quantitative estimate of drug-likeness (QED) is 0.255. The van der Waals surface area contributed by atoms with E-state index < -0.39 is 32.2 Å². The van der Waals surface area contributed by atoms with Gasteiger partial charge in [0.15, 0.2) is 8.32 Å². The second-order valence-electron chi connectivity index (χ2n) is 12.9. The summed E-state index contributed by atoms with van der Waals surface area (Å²) in [5.41, 5.74) is 9.88. The number of fused-ring (bicyclic) bond motifs is 1. The number of ether oxygens (including phenoxy) is 1. The van der Waals surface area contributed by atoms with Gasteiger partial charge >= 0.3 is 0 Å². The topological polar surface area (TPSA) is 108 Å². The Morgan fingerprint density at radius 2 is 1.97 bits per heavy atom. The summed E-state index contributed by atoms with van der Waals surface area (Å²) in [5.74, 6) is 0.346. The predicted octanol–water partition coefficient (Wildman–Crippen LogP) is 5.16. The minimum absolute atomic E-state index is 0.00684. The van der Waals surface area contributed by atoms with Crippen molar-refractivity contribution in [1.82, 2.24) is 0 Å². The molecule has 1 saturated heterocycles. The third-order valence-electron chi connectivity index (χ3n) is 10.2. The molecule has 3 aliphatic carbocycles. The zero-order valence-corrected chi connectivity index (χ0v) is 21.8. The molecule has 2 bridgehead atoms. The Labute approximate surface area is 198 Å². The number of azide groups is 1. The molecule has 2 aliphatic heterocycles. The van der Waals surface area contributed by atoms with Gasteiger partial charge in [0.2, 0.25) is 0 Å². The number of hydrogen-bond acceptors (Lipinski definition) is 5. The van der Waals surface area contributed by atoms with Crippen LogP contribution in [0.1, 0.15) is 66.2 Å². The van der Waals surface area contributed by atoms with Crippen LogP contribution in [0.2, 0.25) is 18.1 Å². The highest BCUT2D eigenvalue weighted by Crippen LogP contribution is 2.67. The van der Waals surface area contributed by atoms with Crippen molar-refractivity contribution in [3.63, 3.8) is 0 Å². The summed E-state index contributed by atoms with van der Waals surface area (Å²) in [7, 11) is -1.91. The van der Waals surface area contributed by atoms with E-state index in [4.69, 9.17) is 14.7 Å². The zero-order valence-electron chi connectivity index (χ0n) is 20.8. The minimum atomic E-state index is -1.91. The highest BCUT2D eigenvalue weighted by atomic mass is 28.4. The summed E-state index contributed by atoms with van der Waals surface area (Å²) < 4.78 is 14.1. The van der Waals surface area contributed by atoms with E-state index in [0.29, 0.717) is 12.3 Å². The number of nitrogens with zero attached hydrogens (tertiary/aromatic N) is 3. The maximum atomic E-state index is 10.9. The van der Waals surface area contributed by atoms with Crippen molar-refractivity contribution < 1.29 is 19.4 Å². The third kappa shape index (κ3) is 3.11. The summed E-state index contributed by atoms with van der Waals surface area (Å²) in [6.45, 7) is 14.0. The van der Waals surface area contributed by atoms with Gasteiger partial charge in [-0.15, -0.1) is 0 Å². The van der Waals surface area contributed by atoms with E-state index in [9.17, 15) is 10.2 Å². The van der Waals surface area contributed by atoms with Crippen LogP contribution in [-0.2, 0) is 9.16 Å². The number of aliphatic hydroxyl groups excluding tert-OH is 2. The lowest BCUT2D eigenvalue weighted by Crippen LogP contribution is -2.60. The van der Waals surface area contributed by atoms with Crippen LogP contribution in [-0.4, -0.2) is 54.1 Å². The van der Waals surface area contributed by atoms with Crippen molar-refractivity contribution in [3.05, 3.63) is 33.7 Å². The Morgan fingerprint density at radius 1 is 1.24 bits per heavy atom. The molecule has 2 heterocycles. The fourth-order valence-electron chi connectivity index (χ4n) is 7.29. The van der Waals surface area contributed by atoms with E-state index >= 15 is 0 Å². The van der Waals surface area contributed by atoms with Gasteiger partial charge in [0.25, 0.3) is 0 Å². The number of hydrogen-bond donors (Lipinski definition) is 2. The van der Waals surface area contributed by atoms with E-state index in [1.165, 1.54) is 0 Å². The van der Waals surface area contributed by atoms with E-state index in [2.05, 4.69) is 63.0 Å². The Kier molecular flexibility index (Phi) is 5.13. The molecule has 8 heteroatoms. The van der Waals surface area contributed by atoms with E-state index in [1.807, 2.05) is 0 Å². The van der Waals surface area contributed by atoms with Gasteiger partial charge in [0, 0.05) is 16.2 Å². The molecule has 5 rings (SSSR count). The van der Waals surface area contributed by atoms with Crippen LogP contribution >= 0.6 is 0 Å². The van der Waals surface area contributed by atoms with Gasteiger partial charge in [-0.05, 0) is 73.3 Å². The fraction of sp³-hybridized carbons (Fsp3) is 0.840. The molecule has 2 N–H and O–H groups in total. The van der Waals surface area contributed by atoms with Crippen LogP contribution in [0.15, 0.2) is 28.4 Å². The number of aliphatic hydroxyl groups is 2. The third-order valence-corrected chi connectivity index (χ3v) is 14.7. The highest BCUT2D eigenvalue weighted by molar-refractivity contribution is 6.74. The molecule has 5 aliphatic rings. The molecule has 0 aromatic heterocycles. The molecule has 0 aromatic carbocycles. The monoisotopic (exact) mass is 473 g/mol. The minimum Gasteiger partial charge on any atom is -0.413 e. The predicted molar refractivity (Wildman–Crippen MR) is 129 cm³/mol. The number of rotatable bonds is 3. The molecule has 2 saturated carbocycles. The molecule has 0 aromatic rings. The normalized spacial score (nSPS) is 46.5. The summed E-state index contributed by atoms with van der Waals surface area (Å²) in [6, 6.07) is -0.684. The van der Waals surface area contributed by atoms with Crippen molar-refractivity contribution in [1.29, 1.82) is 0 Å². The van der Waals surface area contributed by atoms with Gasteiger partial charge in [-0.3, -0.25) is 0 Å². The maximum Gasteiger partial charge on any atom is 0.192 e. The van der Waals surface area contributed by atoms with Crippen molar-refractivity contribution >= 4 is 8.32 Å². The van der Waals surface area contributed by atoms with Crippen molar-refractivity contribution in [2.45, 2.75) is 120 Å². The van der Waals surface area contributed by atoms with Crippen molar-refractivity contribution in [2.24, 2.45) is 16.4 Å². The molecule has 2 spiro atoms. The Bertz CT molecular complexity index is 967. The molecular formula is C25H39N3O4Si. The second kappa shape index (κ2) is 7.18. The van der Waals surface area contributed by atoms with Crippen LogP contribution < -0.4 is 0 Å². The molecular weight excluding hydrogens is 434 g/mol. The van der Waals surface area contributed by atoms with Crippen LogP contribution in [0, 0.1) is 11.3 Å². The van der Waals surface area contributed by atoms with Crippen LogP contribution in [0.4, 0.5) is 0 Å². The molecule has 8 atom stereocenters. The molecule has 7 nitrogen and oxygen atoms in total. The molecule has 0 amide bonds. The molecule has 182 valence electrons. The number of allylic oxidation sites excluding steroid dienone is 1. The van der Waals surface area contributed by atoms with E-state index in [-0.39, 0.29) is 22.2 Å². The lowest BCUT2D eigenvalue weighted by molar-refractivity contribution is -0.160. The molecule has 0 unspecified atom stereocenters. The average Bonchev–Trinajstić information content (AvgIpc) is 3.21.